The maximum Gasteiger partial charge on any atom is 0.420 e. The van der Waals surface area contributed by atoms with E-state index in [0.29, 0.717) is 5.56 Å². The molecule has 3 N–H and O–H groups in total. The monoisotopic (exact) mass is 406 g/mol. The van der Waals surface area contributed by atoms with E-state index < -0.39 is 38.9 Å². The Bertz CT molecular complexity index is 974. The first-order chi connectivity index (χ1) is 13.2. The summed E-state index contributed by atoms with van der Waals surface area (Å²) in [4.78, 5) is 34.9. The van der Waals surface area contributed by atoms with Gasteiger partial charge in [0, 0.05) is 6.42 Å². The number of benzene rings is 2. The van der Waals surface area contributed by atoms with Crippen molar-refractivity contribution < 1.29 is 32.6 Å². The smallest absolute Gasteiger partial charge is 0.420 e. The van der Waals surface area contributed by atoms with Crippen LogP contribution in [0.25, 0.3) is 0 Å². The van der Waals surface area contributed by atoms with Gasteiger partial charge in [0.15, 0.2) is 0 Å². The van der Waals surface area contributed by atoms with E-state index in [1.807, 2.05) is 0 Å². The standard InChI is InChI=1S/C18H18N2O7S/c1-27-18(24)20-28(25,26)15-10-6-5-9-13(15)16(21)19-14(17(22)23)11-12-7-3-2-4-8-12/h2-10,14H,11H2,1H3,(H,19,21)(H,20,24)(H,22,23)/t14-/m0/s1. The molecule has 1 atom stereocenters. The summed E-state index contributed by atoms with van der Waals surface area (Å²) >= 11 is 0. The zero-order chi connectivity index (χ0) is 20.7. The van der Waals surface area contributed by atoms with E-state index >= 15 is 0 Å². The molecule has 0 radical (unpaired) electrons. The quantitative estimate of drug-likeness (QED) is 0.627. The molecule has 0 aliphatic carbocycles. The molecule has 2 aromatic carbocycles. The second-order valence-electron chi connectivity index (χ2n) is 5.65. The van der Waals surface area contributed by atoms with E-state index in [1.54, 1.807) is 35.1 Å². The predicted octanol–water partition coefficient (Wildman–Crippen LogP) is 1.16. The zero-order valence-electron chi connectivity index (χ0n) is 14.8. The number of carboxylic acid groups (broad SMARTS) is 1. The molecule has 0 bridgehead atoms. The molecule has 0 fully saturated rings. The molecule has 0 unspecified atom stereocenters. The molecule has 148 valence electrons. The Labute approximate surface area is 161 Å². The minimum atomic E-state index is -4.40. The van der Waals surface area contributed by atoms with Gasteiger partial charge in [-0.15, -0.1) is 0 Å². The van der Waals surface area contributed by atoms with Gasteiger partial charge in [-0.3, -0.25) is 4.79 Å². The third-order valence-electron chi connectivity index (χ3n) is 3.71. The molecule has 0 heterocycles. The van der Waals surface area contributed by atoms with Gasteiger partial charge in [0.1, 0.15) is 10.9 Å². The summed E-state index contributed by atoms with van der Waals surface area (Å²) in [6.45, 7) is 0. The summed E-state index contributed by atoms with van der Waals surface area (Å²) in [5, 5.41) is 11.7. The second kappa shape index (κ2) is 9.00. The molecule has 0 aromatic heterocycles. The molecule has 2 rings (SSSR count). The summed E-state index contributed by atoms with van der Waals surface area (Å²) < 4.78 is 30.6. The first-order valence-electron chi connectivity index (χ1n) is 8.02. The largest absolute Gasteiger partial charge is 0.480 e. The summed E-state index contributed by atoms with van der Waals surface area (Å²) in [7, 11) is -3.40. The van der Waals surface area contributed by atoms with Crippen LogP contribution in [0.3, 0.4) is 0 Å². The highest BCUT2D eigenvalue weighted by Crippen LogP contribution is 2.16. The van der Waals surface area contributed by atoms with Crippen LogP contribution in [0.5, 0.6) is 0 Å². The van der Waals surface area contributed by atoms with E-state index in [4.69, 9.17) is 0 Å². The van der Waals surface area contributed by atoms with Crippen LogP contribution in [0.2, 0.25) is 0 Å². The number of ether oxygens (including phenoxy) is 1. The van der Waals surface area contributed by atoms with Crippen molar-refractivity contribution in [1.82, 2.24) is 10.0 Å². The normalized spacial score (nSPS) is 11.9. The van der Waals surface area contributed by atoms with Crippen LogP contribution < -0.4 is 10.0 Å². The first-order valence-corrected chi connectivity index (χ1v) is 9.50. The van der Waals surface area contributed by atoms with Crippen molar-refractivity contribution in [2.24, 2.45) is 0 Å². The maximum atomic E-state index is 12.6. The number of hydrogen-bond donors (Lipinski definition) is 3. The topological polar surface area (TPSA) is 139 Å². The van der Waals surface area contributed by atoms with Crippen LogP contribution in [0.1, 0.15) is 15.9 Å². The number of carbonyl (C=O) groups excluding carboxylic acids is 2. The lowest BCUT2D eigenvalue weighted by Gasteiger charge is -2.16. The van der Waals surface area contributed by atoms with Gasteiger partial charge in [-0.2, -0.15) is 0 Å². The molecule has 28 heavy (non-hydrogen) atoms. The third-order valence-corrected chi connectivity index (χ3v) is 5.08. The van der Waals surface area contributed by atoms with E-state index in [9.17, 15) is 27.9 Å². The minimum Gasteiger partial charge on any atom is -0.480 e. The Hall–Kier alpha value is -3.40. The number of hydrogen-bond acceptors (Lipinski definition) is 6. The van der Waals surface area contributed by atoms with Gasteiger partial charge < -0.3 is 15.2 Å². The summed E-state index contributed by atoms with van der Waals surface area (Å²) in [5.74, 6) is -2.18. The minimum absolute atomic E-state index is 0.0112. The lowest BCUT2D eigenvalue weighted by Crippen LogP contribution is -2.43. The average Bonchev–Trinajstić information content (AvgIpc) is 2.67. The molecular formula is C18H18N2O7S. The van der Waals surface area contributed by atoms with Crippen molar-refractivity contribution in [3.63, 3.8) is 0 Å². The first kappa shape index (κ1) is 20.9. The van der Waals surface area contributed by atoms with Crippen molar-refractivity contribution in [3.8, 4) is 0 Å². The van der Waals surface area contributed by atoms with Crippen molar-refractivity contribution >= 4 is 28.0 Å². The fourth-order valence-corrected chi connectivity index (χ4v) is 3.50. The average molecular weight is 406 g/mol. The molecule has 2 aromatic rings. The van der Waals surface area contributed by atoms with Gasteiger partial charge in [0.2, 0.25) is 0 Å². The molecule has 10 heteroatoms. The molecule has 0 saturated heterocycles. The number of amides is 2. The number of nitrogens with one attached hydrogen (secondary N) is 2. The summed E-state index contributed by atoms with van der Waals surface area (Å²) in [6.07, 6.45) is -1.21. The number of rotatable bonds is 7. The Morgan fingerprint density at radius 3 is 2.25 bits per heavy atom. The van der Waals surface area contributed by atoms with Crippen LogP contribution >= 0.6 is 0 Å². The molecule has 2 amide bonds. The number of carboxylic acids is 1. The van der Waals surface area contributed by atoms with Gasteiger partial charge in [0.05, 0.1) is 12.7 Å². The van der Waals surface area contributed by atoms with Crippen LogP contribution in [-0.4, -0.2) is 44.6 Å². The Balaban J connectivity index is 2.28. The van der Waals surface area contributed by atoms with Crippen molar-refractivity contribution in [1.29, 1.82) is 0 Å². The second-order valence-corrected chi connectivity index (χ2v) is 7.30. The van der Waals surface area contributed by atoms with Gasteiger partial charge in [-0.1, -0.05) is 42.5 Å². The molecule has 0 aliphatic heterocycles. The van der Waals surface area contributed by atoms with Crippen molar-refractivity contribution in [2.75, 3.05) is 7.11 Å². The van der Waals surface area contributed by atoms with Crippen molar-refractivity contribution in [3.05, 3.63) is 65.7 Å². The fourth-order valence-electron chi connectivity index (χ4n) is 2.38. The number of carbonyl (C=O) groups is 3. The molecule has 9 nitrogen and oxygen atoms in total. The highest BCUT2D eigenvalue weighted by Gasteiger charge is 2.27. The lowest BCUT2D eigenvalue weighted by molar-refractivity contribution is -0.139. The van der Waals surface area contributed by atoms with Crippen LogP contribution in [0, 0.1) is 0 Å². The zero-order valence-corrected chi connectivity index (χ0v) is 15.6. The van der Waals surface area contributed by atoms with Gasteiger partial charge in [-0.25, -0.2) is 22.7 Å². The van der Waals surface area contributed by atoms with E-state index in [2.05, 4.69) is 10.1 Å². The SMILES string of the molecule is COC(=O)NS(=O)(=O)c1ccccc1C(=O)N[C@@H](Cc1ccccc1)C(=O)O. The molecule has 0 aliphatic rings. The van der Waals surface area contributed by atoms with Gasteiger partial charge in [-0.05, 0) is 17.7 Å². The van der Waals surface area contributed by atoms with Gasteiger partial charge in [0.25, 0.3) is 15.9 Å². The number of sulfonamides is 1. The van der Waals surface area contributed by atoms with E-state index in [1.165, 1.54) is 18.2 Å². The molecule has 0 saturated carbocycles. The molecule has 0 spiro atoms. The third kappa shape index (κ3) is 5.30. The maximum absolute atomic E-state index is 12.6. The number of methoxy groups -OCH3 is 1. The predicted molar refractivity (Wildman–Crippen MR) is 98.2 cm³/mol. The number of aliphatic carboxylic acids is 1. The van der Waals surface area contributed by atoms with Crippen LogP contribution in [-0.2, 0) is 26.0 Å². The highest BCUT2D eigenvalue weighted by atomic mass is 32.2. The van der Waals surface area contributed by atoms with Crippen LogP contribution in [0.4, 0.5) is 4.79 Å². The summed E-state index contributed by atoms with van der Waals surface area (Å²) in [6, 6.07) is 12.5. The van der Waals surface area contributed by atoms with Crippen LogP contribution in [0.15, 0.2) is 59.5 Å². The van der Waals surface area contributed by atoms with Gasteiger partial charge >= 0.3 is 12.1 Å². The fraction of sp³-hybridized carbons (Fsp3) is 0.167. The Kier molecular flexibility index (Phi) is 6.72. The summed E-state index contributed by atoms with van der Waals surface area (Å²) in [5.41, 5.74) is 0.377. The van der Waals surface area contributed by atoms with E-state index in [0.717, 1.165) is 13.2 Å². The Morgan fingerprint density at radius 1 is 1.04 bits per heavy atom. The van der Waals surface area contributed by atoms with E-state index in [-0.39, 0.29) is 12.0 Å². The highest BCUT2D eigenvalue weighted by molar-refractivity contribution is 7.90. The van der Waals surface area contributed by atoms with Crippen molar-refractivity contribution in [2.45, 2.75) is 17.4 Å². The Morgan fingerprint density at radius 2 is 1.64 bits per heavy atom. The molecular weight excluding hydrogens is 388 g/mol. The lowest BCUT2D eigenvalue weighted by atomic mass is 10.1.